The van der Waals surface area contributed by atoms with Crippen molar-refractivity contribution in [1.82, 2.24) is 0 Å². The number of rotatable bonds is 6. The Morgan fingerprint density at radius 2 is 1.29 bits per heavy atom. The molecule has 0 saturated heterocycles. The first-order valence-electron chi connectivity index (χ1n) is 7.00. The Hall–Kier alpha value is -2.04. The average molecular weight is 288 g/mol. The van der Waals surface area contributed by atoms with E-state index in [4.69, 9.17) is 9.78 Å². The van der Waals surface area contributed by atoms with Crippen LogP contribution in [0.15, 0.2) is 48.5 Å². The third-order valence-electron chi connectivity index (χ3n) is 3.31. The molecule has 0 aliphatic heterocycles. The zero-order valence-corrected chi connectivity index (χ0v) is 12.2. The average Bonchev–Trinajstić information content (AvgIpc) is 2.50. The molecule has 2 aromatic rings. The van der Waals surface area contributed by atoms with Gasteiger partial charge in [0.2, 0.25) is 0 Å². The zero-order valence-electron chi connectivity index (χ0n) is 12.2. The molecular formula is C17H20O4. The molecule has 0 heterocycles. The molecule has 4 nitrogen and oxygen atoms in total. The van der Waals surface area contributed by atoms with E-state index < -0.39 is 0 Å². The van der Waals surface area contributed by atoms with Crippen molar-refractivity contribution < 1.29 is 20.0 Å². The lowest BCUT2D eigenvalue weighted by atomic mass is 10.1. The Balaban J connectivity index is 1.96. The Morgan fingerprint density at radius 1 is 0.810 bits per heavy atom. The molecule has 2 aromatic carbocycles. The van der Waals surface area contributed by atoms with Gasteiger partial charge < -0.3 is 10.2 Å². The maximum absolute atomic E-state index is 9.31. The van der Waals surface area contributed by atoms with Crippen molar-refractivity contribution >= 4 is 0 Å². The molecule has 4 heteroatoms. The van der Waals surface area contributed by atoms with Crippen LogP contribution in [0.2, 0.25) is 0 Å². The van der Waals surface area contributed by atoms with E-state index in [1.807, 2.05) is 26.0 Å². The van der Waals surface area contributed by atoms with E-state index in [0.717, 1.165) is 17.5 Å². The van der Waals surface area contributed by atoms with E-state index in [0.29, 0.717) is 0 Å². The molecule has 2 N–H and O–H groups in total. The second-order valence-electron chi connectivity index (χ2n) is 4.91. The van der Waals surface area contributed by atoms with Crippen LogP contribution in [0.5, 0.6) is 11.5 Å². The fraction of sp³-hybridized carbons (Fsp3) is 0.294. The van der Waals surface area contributed by atoms with Crippen molar-refractivity contribution in [2.45, 2.75) is 32.5 Å². The van der Waals surface area contributed by atoms with Crippen molar-refractivity contribution in [2.75, 3.05) is 0 Å². The molecule has 2 atom stereocenters. The van der Waals surface area contributed by atoms with Crippen molar-refractivity contribution in [1.29, 1.82) is 0 Å². The van der Waals surface area contributed by atoms with Crippen molar-refractivity contribution in [2.24, 2.45) is 0 Å². The quantitative estimate of drug-likeness (QED) is 0.616. The summed E-state index contributed by atoms with van der Waals surface area (Å²) in [7, 11) is 0. The highest BCUT2D eigenvalue weighted by atomic mass is 17.2. The van der Waals surface area contributed by atoms with Crippen LogP contribution in [0.1, 0.15) is 43.6 Å². The smallest absolute Gasteiger partial charge is 0.118 e. The number of phenolic OH excluding ortho intramolecular Hbond substituents is 2. The molecule has 0 bridgehead atoms. The third-order valence-corrected chi connectivity index (χ3v) is 3.31. The van der Waals surface area contributed by atoms with Gasteiger partial charge in [0.1, 0.15) is 23.7 Å². The molecule has 0 amide bonds. The standard InChI is InChI=1S/C17H20O4/c1-3-17(14-6-10-16(19)11-7-14)21-20-12(2)13-4-8-15(18)9-5-13/h4-12,17-19H,3H2,1-2H3. The number of benzene rings is 2. The summed E-state index contributed by atoms with van der Waals surface area (Å²) in [4.78, 5) is 11.0. The summed E-state index contributed by atoms with van der Waals surface area (Å²) in [6, 6.07) is 13.7. The first-order valence-corrected chi connectivity index (χ1v) is 7.00. The molecule has 0 aliphatic carbocycles. The van der Waals surface area contributed by atoms with Gasteiger partial charge in [-0.05, 0) is 48.7 Å². The lowest BCUT2D eigenvalue weighted by Crippen LogP contribution is -2.07. The van der Waals surface area contributed by atoms with Gasteiger partial charge in [-0.25, -0.2) is 9.78 Å². The van der Waals surface area contributed by atoms with Gasteiger partial charge >= 0.3 is 0 Å². The normalized spacial score (nSPS) is 13.8. The molecular weight excluding hydrogens is 268 g/mol. The first kappa shape index (κ1) is 15.4. The minimum absolute atomic E-state index is 0.190. The second kappa shape index (κ2) is 7.11. The first-order chi connectivity index (χ1) is 10.1. The molecule has 0 saturated carbocycles. The Morgan fingerprint density at radius 3 is 1.76 bits per heavy atom. The molecule has 21 heavy (non-hydrogen) atoms. The van der Waals surface area contributed by atoms with Gasteiger partial charge in [0.25, 0.3) is 0 Å². The number of hydrogen-bond donors (Lipinski definition) is 2. The number of hydrogen-bond acceptors (Lipinski definition) is 4. The van der Waals surface area contributed by atoms with Gasteiger partial charge in [0, 0.05) is 0 Å². The molecule has 0 spiro atoms. The number of phenols is 2. The predicted molar refractivity (Wildman–Crippen MR) is 79.8 cm³/mol. The third kappa shape index (κ3) is 4.21. The van der Waals surface area contributed by atoms with Gasteiger partial charge in [0.15, 0.2) is 0 Å². The van der Waals surface area contributed by atoms with Crippen LogP contribution >= 0.6 is 0 Å². The highest BCUT2D eigenvalue weighted by Crippen LogP contribution is 2.27. The molecule has 2 rings (SSSR count). The van der Waals surface area contributed by atoms with E-state index in [1.165, 1.54) is 0 Å². The Labute approximate surface area is 124 Å². The van der Waals surface area contributed by atoms with E-state index in [2.05, 4.69) is 0 Å². The van der Waals surface area contributed by atoms with Crippen LogP contribution < -0.4 is 0 Å². The fourth-order valence-electron chi connectivity index (χ4n) is 2.00. The summed E-state index contributed by atoms with van der Waals surface area (Å²) < 4.78 is 0. The highest BCUT2D eigenvalue weighted by molar-refractivity contribution is 5.28. The maximum atomic E-state index is 9.31. The summed E-state index contributed by atoms with van der Waals surface area (Å²) in [6.45, 7) is 3.89. The maximum Gasteiger partial charge on any atom is 0.118 e. The van der Waals surface area contributed by atoms with Crippen molar-refractivity contribution in [3.8, 4) is 11.5 Å². The Bertz CT molecular complexity index is 548. The summed E-state index contributed by atoms with van der Waals surface area (Å²) in [5.41, 5.74) is 1.88. The van der Waals surface area contributed by atoms with Crippen LogP contribution in [0, 0.1) is 0 Å². The zero-order chi connectivity index (χ0) is 15.2. The highest BCUT2D eigenvalue weighted by Gasteiger charge is 2.14. The topological polar surface area (TPSA) is 58.9 Å². The van der Waals surface area contributed by atoms with Gasteiger partial charge in [-0.1, -0.05) is 31.2 Å². The fourth-order valence-corrected chi connectivity index (χ4v) is 2.00. The van der Waals surface area contributed by atoms with Crippen LogP contribution in [0.3, 0.4) is 0 Å². The molecule has 0 aromatic heterocycles. The predicted octanol–water partition coefficient (Wildman–Crippen LogP) is 4.26. The van der Waals surface area contributed by atoms with E-state index in [1.54, 1.807) is 36.4 Å². The minimum Gasteiger partial charge on any atom is -0.508 e. The van der Waals surface area contributed by atoms with Crippen molar-refractivity contribution in [3.05, 3.63) is 59.7 Å². The summed E-state index contributed by atoms with van der Waals surface area (Å²) in [5, 5.41) is 18.6. The Kier molecular flexibility index (Phi) is 5.20. The SMILES string of the molecule is CCC(OOC(C)c1ccc(O)cc1)c1ccc(O)cc1. The molecule has 0 aliphatic rings. The van der Waals surface area contributed by atoms with Crippen LogP contribution in [0.25, 0.3) is 0 Å². The van der Waals surface area contributed by atoms with Crippen LogP contribution in [-0.2, 0) is 9.78 Å². The van der Waals surface area contributed by atoms with E-state index >= 15 is 0 Å². The van der Waals surface area contributed by atoms with Crippen LogP contribution in [-0.4, -0.2) is 10.2 Å². The second-order valence-corrected chi connectivity index (χ2v) is 4.91. The van der Waals surface area contributed by atoms with E-state index in [9.17, 15) is 10.2 Å². The van der Waals surface area contributed by atoms with Crippen LogP contribution in [0.4, 0.5) is 0 Å². The lowest BCUT2D eigenvalue weighted by molar-refractivity contribution is -0.354. The molecule has 0 fully saturated rings. The van der Waals surface area contributed by atoms with Gasteiger partial charge in [0.05, 0.1) is 0 Å². The largest absolute Gasteiger partial charge is 0.508 e. The van der Waals surface area contributed by atoms with Gasteiger partial charge in [-0.2, -0.15) is 0 Å². The van der Waals surface area contributed by atoms with E-state index in [-0.39, 0.29) is 23.7 Å². The minimum atomic E-state index is -0.239. The summed E-state index contributed by atoms with van der Waals surface area (Å²) in [6.07, 6.45) is 0.328. The van der Waals surface area contributed by atoms with Crippen molar-refractivity contribution in [3.63, 3.8) is 0 Å². The van der Waals surface area contributed by atoms with Gasteiger partial charge in [-0.15, -0.1) is 0 Å². The molecule has 0 radical (unpaired) electrons. The monoisotopic (exact) mass is 288 g/mol. The summed E-state index contributed by atoms with van der Waals surface area (Å²) >= 11 is 0. The molecule has 2 unspecified atom stereocenters. The molecule has 112 valence electrons. The lowest BCUT2D eigenvalue weighted by Gasteiger charge is -2.19. The summed E-state index contributed by atoms with van der Waals surface area (Å²) in [5.74, 6) is 0.453. The van der Waals surface area contributed by atoms with Gasteiger partial charge in [-0.3, -0.25) is 0 Å². The number of aromatic hydroxyl groups is 2.